The van der Waals surface area contributed by atoms with Gasteiger partial charge in [-0.25, -0.2) is 0 Å². The van der Waals surface area contributed by atoms with Crippen LogP contribution in [0.2, 0.25) is 0 Å². The van der Waals surface area contributed by atoms with Crippen LogP contribution >= 0.6 is 0 Å². The summed E-state index contributed by atoms with van der Waals surface area (Å²) < 4.78 is 5.31. The maximum atomic E-state index is 12.0. The van der Waals surface area contributed by atoms with Gasteiger partial charge in [0.25, 0.3) is 0 Å². The fourth-order valence-corrected chi connectivity index (χ4v) is 2.63. The van der Waals surface area contributed by atoms with E-state index in [9.17, 15) is 14.9 Å². The first-order valence-electron chi connectivity index (χ1n) is 6.46. The first kappa shape index (κ1) is 13.7. The molecule has 102 valence electrons. The highest BCUT2D eigenvalue weighted by molar-refractivity contribution is 5.85. The molecule has 19 heavy (non-hydrogen) atoms. The first-order valence-corrected chi connectivity index (χ1v) is 6.46. The maximum absolute atomic E-state index is 12.0. The summed E-state index contributed by atoms with van der Waals surface area (Å²) in [5.74, 6) is -0.380. The summed E-state index contributed by atoms with van der Waals surface area (Å²) in [4.78, 5) is 22.9. The van der Waals surface area contributed by atoms with Crippen LogP contribution in [0, 0.1) is 10.1 Å². The van der Waals surface area contributed by atoms with Gasteiger partial charge in [-0.1, -0.05) is 30.3 Å². The molecule has 0 bridgehead atoms. The fourth-order valence-electron chi connectivity index (χ4n) is 2.63. The maximum Gasteiger partial charge on any atom is 0.223 e. The molecule has 0 saturated heterocycles. The lowest BCUT2D eigenvalue weighted by Crippen LogP contribution is -2.43. The van der Waals surface area contributed by atoms with Crippen LogP contribution in [-0.4, -0.2) is 29.5 Å². The largest absolute Gasteiger partial charge is 0.370 e. The lowest BCUT2D eigenvalue weighted by molar-refractivity contribution is -0.530. The molecular weight excluding hydrogens is 246 g/mol. The summed E-state index contributed by atoms with van der Waals surface area (Å²) in [6.07, 6.45) is -0.278. The highest BCUT2D eigenvalue weighted by atomic mass is 16.6. The molecule has 0 spiro atoms. The van der Waals surface area contributed by atoms with Crippen molar-refractivity contribution < 1.29 is 14.5 Å². The average Bonchev–Trinajstić information content (AvgIpc) is 2.41. The van der Waals surface area contributed by atoms with Gasteiger partial charge in [-0.2, -0.15) is 0 Å². The number of ketones is 1. The van der Waals surface area contributed by atoms with Gasteiger partial charge in [0.2, 0.25) is 6.04 Å². The van der Waals surface area contributed by atoms with Crippen LogP contribution in [0.25, 0.3) is 0 Å². The molecule has 0 radical (unpaired) electrons. The van der Waals surface area contributed by atoms with Gasteiger partial charge >= 0.3 is 0 Å². The third-order valence-electron chi connectivity index (χ3n) is 3.57. The second-order valence-corrected chi connectivity index (χ2v) is 4.72. The lowest BCUT2D eigenvalue weighted by atomic mass is 9.78. The van der Waals surface area contributed by atoms with Gasteiger partial charge in [-0.3, -0.25) is 14.9 Å². The Labute approximate surface area is 111 Å². The Morgan fingerprint density at radius 3 is 2.63 bits per heavy atom. The molecular formula is C14H17NO4. The number of hydrogen-bond acceptors (Lipinski definition) is 4. The highest BCUT2D eigenvalue weighted by Crippen LogP contribution is 2.34. The molecule has 5 heteroatoms. The predicted octanol–water partition coefficient (Wildman–Crippen LogP) is 2.18. The van der Waals surface area contributed by atoms with Crippen molar-refractivity contribution >= 4 is 5.78 Å². The van der Waals surface area contributed by atoms with Gasteiger partial charge in [0.1, 0.15) is 6.10 Å². The Balaban J connectivity index is 2.23. The molecule has 1 aromatic rings. The number of benzene rings is 1. The number of Topliss-reactive ketones (excluding diaryl/α,β-unsaturated/α-hetero) is 1. The molecule has 1 fully saturated rings. The second kappa shape index (κ2) is 5.93. The van der Waals surface area contributed by atoms with Crippen molar-refractivity contribution in [3.8, 4) is 0 Å². The van der Waals surface area contributed by atoms with Crippen molar-refractivity contribution in [2.24, 2.45) is 0 Å². The third-order valence-corrected chi connectivity index (χ3v) is 3.57. The van der Waals surface area contributed by atoms with Crippen molar-refractivity contribution in [2.45, 2.75) is 37.8 Å². The van der Waals surface area contributed by atoms with Gasteiger partial charge in [0.05, 0.1) is 5.92 Å². The van der Waals surface area contributed by atoms with Crippen LogP contribution in [0.3, 0.4) is 0 Å². The van der Waals surface area contributed by atoms with E-state index in [1.165, 1.54) is 0 Å². The predicted molar refractivity (Wildman–Crippen MR) is 69.6 cm³/mol. The van der Waals surface area contributed by atoms with Crippen molar-refractivity contribution in [1.29, 1.82) is 0 Å². The molecule has 0 heterocycles. The SMILES string of the molecule is CCO[C@@H]1C[C@@H]([N+](=O)[O-])[C@H](c2ccccc2)CC1=O. The summed E-state index contributed by atoms with van der Waals surface area (Å²) in [5, 5.41) is 11.2. The quantitative estimate of drug-likeness (QED) is 0.616. The average molecular weight is 263 g/mol. The molecule has 1 aliphatic carbocycles. The van der Waals surface area contributed by atoms with Gasteiger partial charge in [-0.15, -0.1) is 0 Å². The molecule has 1 aromatic carbocycles. The zero-order valence-corrected chi connectivity index (χ0v) is 10.8. The van der Waals surface area contributed by atoms with Gasteiger partial charge < -0.3 is 4.74 Å². The summed E-state index contributed by atoms with van der Waals surface area (Å²) in [5.41, 5.74) is 0.854. The Morgan fingerprint density at radius 1 is 1.37 bits per heavy atom. The van der Waals surface area contributed by atoms with E-state index in [1.54, 1.807) is 6.92 Å². The molecule has 5 nitrogen and oxygen atoms in total. The van der Waals surface area contributed by atoms with Crippen LogP contribution in [0.1, 0.15) is 31.2 Å². The van der Waals surface area contributed by atoms with Crippen LogP contribution in [0.15, 0.2) is 30.3 Å². The van der Waals surface area contributed by atoms with Gasteiger partial charge in [-0.05, 0) is 12.5 Å². The number of ether oxygens (including phenoxy) is 1. The Bertz CT molecular complexity index is 460. The Kier molecular flexibility index (Phi) is 4.27. The molecule has 0 aliphatic heterocycles. The zero-order chi connectivity index (χ0) is 13.8. The summed E-state index contributed by atoms with van der Waals surface area (Å²) in [7, 11) is 0. The minimum Gasteiger partial charge on any atom is -0.370 e. The number of nitrogens with zero attached hydrogens (tertiary/aromatic N) is 1. The van der Waals surface area contributed by atoms with Crippen LogP contribution in [0.4, 0.5) is 0 Å². The summed E-state index contributed by atoms with van der Waals surface area (Å²) in [6, 6.07) is 8.47. The van der Waals surface area contributed by atoms with Crippen LogP contribution in [0.5, 0.6) is 0 Å². The monoisotopic (exact) mass is 263 g/mol. The van der Waals surface area contributed by atoms with E-state index in [0.29, 0.717) is 6.61 Å². The van der Waals surface area contributed by atoms with Crippen molar-refractivity contribution in [3.63, 3.8) is 0 Å². The molecule has 0 N–H and O–H groups in total. The smallest absolute Gasteiger partial charge is 0.223 e. The second-order valence-electron chi connectivity index (χ2n) is 4.72. The minimum absolute atomic E-state index is 0.0335. The van der Waals surface area contributed by atoms with Crippen molar-refractivity contribution in [1.82, 2.24) is 0 Å². The lowest BCUT2D eigenvalue weighted by Gasteiger charge is -2.30. The molecule has 0 amide bonds. The van der Waals surface area contributed by atoms with E-state index in [1.807, 2.05) is 30.3 Å². The number of carbonyl (C=O) groups is 1. The van der Waals surface area contributed by atoms with Crippen LogP contribution in [-0.2, 0) is 9.53 Å². The zero-order valence-electron chi connectivity index (χ0n) is 10.8. The first-order chi connectivity index (χ1) is 9.13. The van der Waals surface area contributed by atoms with Crippen molar-refractivity contribution in [2.75, 3.05) is 6.61 Å². The number of hydrogen-bond donors (Lipinski definition) is 0. The molecule has 1 saturated carbocycles. The van der Waals surface area contributed by atoms with E-state index in [-0.39, 0.29) is 29.5 Å². The van der Waals surface area contributed by atoms with E-state index in [2.05, 4.69) is 0 Å². The van der Waals surface area contributed by atoms with Gasteiger partial charge in [0.15, 0.2) is 5.78 Å². The minimum atomic E-state index is -0.753. The normalized spacial score (nSPS) is 27.2. The van der Waals surface area contributed by atoms with Crippen LogP contribution < -0.4 is 0 Å². The topological polar surface area (TPSA) is 69.4 Å². The Hall–Kier alpha value is -1.75. The molecule has 0 unspecified atom stereocenters. The van der Waals surface area contributed by atoms with E-state index in [4.69, 9.17) is 4.74 Å². The van der Waals surface area contributed by atoms with Gasteiger partial charge in [0, 0.05) is 24.4 Å². The third kappa shape index (κ3) is 2.98. The highest BCUT2D eigenvalue weighted by Gasteiger charge is 2.43. The fraction of sp³-hybridized carbons (Fsp3) is 0.500. The number of nitro groups is 1. The standard InChI is InChI=1S/C14H17NO4/c1-2-19-14-9-12(15(17)18)11(8-13(14)16)10-6-4-3-5-7-10/h3-7,11-12,14H,2,8-9H2,1H3/t11-,12+,14+/m0/s1. The van der Waals surface area contributed by atoms with Crippen molar-refractivity contribution in [3.05, 3.63) is 46.0 Å². The molecule has 0 aromatic heterocycles. The summed E-state index contributed by atoms with van der Waals surface area (Å²) >= 11 is 0. The van der Waals surface area contributed by atoms with E-state index < -0.39 is 12.1 Å². The van der Waals surface area contributed by atoms with E-state index in [0.717, 1.165) is 5.56 Å². The molecule has 1 aliphatic rings. The summed E-state index contributed by atoms with van der Waals surface area (Å²) in [6.45, 7) is 2.19. The number of carbonyl (C=O) groups excluding carboxylic acids is 1. The molecule has 3 atom stereocenters. The Morgan fingerprint density at radius 2 is 2.05 bits per heavy atom. The van der Waals surface area contributed by atoms with E-state index >= 15 is 0 Å². The molecule has 2 rings (SSSR count). The number of rotatable bonds is 4.